The number of halogens is 3. The van der Waals surface area contributed by atoms with E-state index in [0.717, 1.165) is 12.1 Å². The molecule has 112 valence electrons. The Morgan fingerprint density at radius 3 is 2.25 bits per heavy atom. The molecule has 0 spiro atoms. The molecule has 0 aliphatic rings. The first kappa shape index (κ1) is 16.4. The van der Waals surface area contributed by atoms with Gasteiger partial charge in [0, 0.05) is 12.1 Å². The third-order valence-corrected chi connectivity index (χ3v) is 3.40. The van der Waals surface area contributed by atoms with Gasteiger partial charge < -0.3 is 5.32 Å². The zero-order valence-electron chi connectivity index (χ0n) is 10.4. The van der Waals surface area contributed by atoms with Gasteiger partial charge in [0.15, 0.2) is 6.61 Å². The number of nitrogens with one attached hydrogen (secondary N) is 1. The Hall–Kier alpha value is -1.61. The van der Waals surface area contributed by atoms with Crippen LogP contribution in [0.3, 0.4) is 0 Å². The van der Waals surface area contributed by atoms with E-state index in [0.29, 0.717) is 5.69 Å². The summed E-state index contributed by atoms with van der Waals surface area (Å²) < 4.78 is 62.5. The van der Waals surface area contributed by atoms with E-state index in [9.17, 15) is 26.4 Å². The van der Waals surface area contributed by atoms with Crippen molar-refractivity contribution < 1.29 is 30.6 Å². The summed E-state index contributed by atoms with van der Waals surface area (Å²) in [6.45, 7) is -0.247. The SMILES string of the molecule is CCC(=O)Nc1ccc(S(=O)(=O)OCC(F)(F)F)cc1. The molecule has 9 heteroatoms. The van der Waals surface area contributed by atoms with Crippen molar-refractivity contribution in [1.29, 1.82) is 0 Å². The number of alkyl halides is 3. The number of benzene rings is 1. The number of anilines is 1. The van der Waals surface area contributed by atoms with Crippen molar-refractivity contribution in [3.05, 3.63) is 24.3 Å². The highest BCUT2D eigenvalue weighted by atomic mass is 32.2. The van der Waals surface area contributed by atoms with E-state index < -0.39 is 27.8 Å². The van der Waals surface area contributed by atoms with E-state index in [1.807, 2.05) is 0 Å². The van der Waals surface area contributed by atoms with Crippen molar-refractivity contribution in [1.82, 2.24) is 0 Å². The summed E-state index contributed by atoms with van der Waals surface area (Å²) in [7, 11) is -4.48. The second kappa shape index (κ2) is 6.23. The van der Waals surface area contributed by atoms with Crippen LogP contribution in [0.25, 0.3) is 0 Å². The first-order valence-electron chi connectivity index (χ1n) is 5.50. The van der Waals surface area contributed by atoms with Gasteiger partial charge in [-0.1, -0.05) is 6.92 Å². The fraction of sp³-hybridized carbons (Fsp3) is 0.364. The van der Waals surface area contributed by atoms with Crippen LogP contribution in [0.15, 0.2) is 29.2 Å². The number of rotatable bonds is 5. The molecule has 20 heavy (non-hydrogen) atoms. The predicted molar refractivity (Wildman–Crippen MR) is 64.6 cm³/mol. The molecule has 0 saturated heterocycles. The highest BCUT2D eigenvalue weighted by molar-refractivity contribution is 7.86. The number of hydrogen-bond acceptors (Lipinski definition) is 4. The van der Waals surface area contributed by atoms with Crippen LogP contribution in [-0.2, 0) is 19.1 Å². The Labute approximate surface area is 113 Å². The lowest BCUT2D eigenvalue weighted by atomic mass is 10.3. The fourth-order valence-corrected chi connectivity index (χ4v) is 2.06. The second-order valence-electron chi connectivity index (χ2n) is 3.76. The Kier molecular flexibility index (Phi) is 5.12. The molecular weight excluding hydrogens is 299 g/mol. The van der Waals surface area contributed by atoms with E-state index >= 15 is 0 Å². The average molecular weight is 311 g/mol. The summed E-state index contributed by atoms with van der Waals surface area (Å²) >= 11 is 0. The third kappa shape index (κ3) is 5.17. The molecule has 0 atom stereocenters. The molecule has 0 fully saturated rings. The summed E-state index contributed by atoms with van der Waals surface area (Å²) in [5.41, 5.74) is 0.339. The zero-order valence-corrected chi connectivity index (χ0v) is 11.2. The minimum atomic E-state index is -4.73. The van der Waals surface area contributed by atoms with Crippen molar-refractivity contribution in [2.24, 2.45) is 0 Å². The third-order valence-electron chi connectivity index (χ3n) is 2.13. The van der Waals surface area contributed by atoms with Crippen molar-refractivity contribution in [3.63, 3.8) is 0 Å². The fourth-order valence-electron chi connectivity index (χ4n) is 1.17. The first-order valence-corrected chi connectivity index (χ1v) is 6.91. The molecule has 0 aliphatic heterocycles. The van der Waals surface area contributed by atoms with Crippen molar-refractivity contribution >= 4 is 21.7 Å². The maximum Gasteiger partial charge on any atom is 0.413 e. The summed E-state index contributed by atoms with van der Waals surface area (Å²) in [6.07, 6.45) is -4.49. The lowest BCUT2D eigenvalue weighted by Crippen LogP contribution is -2.20. The number of carbonyl (C=O) groups is 1. The van der Waals surface area contributed by atoms with Crippen LogP contribution in [0.1, 0.15) is 13.3 Å². The van der Waals surface area contributed by atoms with E-state index in [-0.39, 0.29) is 12.3 Å². The van der Waals surface area contributed by atoms with Crippen LogP contribution in [0.5, 0.6) is 0 Å². The zero-order chi connectivity index (χ0) is 15.4. The van der Waals surface area contributed by atoms with Gasteiger partial charge in [-0.05, 0) is 24.3 Å². The normalized spacial score (nSPS) is 12.2. The van der Waals surface area contributed by atoms with Gasteiger partial charge >= 0.3 is 6.18 Å². The number of hydrogen-bond donors (Lipinski definition) is 1. The number of amides is 1. The van der Waals surface area contributed by atoms with E-state index in [2.05, 4.69) is 9.50 Å². The maximum atomic E-state index is 11.9. The van der Waals surface area contributed by atoms with Gasteiger partial charge in [0.1, 0.15) is 0 Å². The van der Waals surface area contributed by atoms with Crippen LogP contribution < -0.4 is 5.32 Å². The molecule has 0 bridgehead atoms. The predicted octanol–water partition coefficient (Wildman–Crippen LogP) is 2.30. The Bertz CT molecular complexity index is 566. The first-order chi connectivity index (χ1) is 9.14. The average Bonchev–Trinajstić information content (AvgIpc) is 2.36. The molecule has 5 nitrogen and oxygen atoms in total. The Morgan fingerprint density at radius 1 is 1.25 bits per heavy atom. The largest absolute Gasteiger partial charge is 0.413 e. The van der Waals surface area contributed by atoms with Crippen LogP contribution in [0, 0.1) is 0 Å². The standard InChI is InChI=1S/C11H12F3NO4S/c1-2-10(16)15-8-3-5-9(6-4-8)20(17,18)19-7-11(12,13)14/h3-6H,2,7H2,1H3,(H,15,16). The second-order valence-corrected chi connectivity index (χ2v) is 5.37. The Morgan fingerprint density at radius 2 is 1.80 bits per heavy atom. The molecule has 0 aromatic heterocycles. The molecule has 0 aliphatic carbocycles. The van der Waals surface area contributed by atoms with E-state index in [4.69, 9.17) is 0 Å². The minimum absolute atomic E-state index is 0.245. The lowest BCUT2D eigenvalue weighted by Gasteiger charge is -2.09. The van der Waals surface area contributed by atoms with Gasteiger partial charge in [-0.3, -0.25) is 8.98 Å². The van der Waals surface area contributed by atoms with Crippen LogP contribution in [0.2, 0.25) is 0 Å². The maximum absolute atomic E-state index is 11.9. The Balaban J connectivity index is 2.79. The molecule has 1 aromatic rings. The van der Waals surface area contributed by atoms with Gasteiger partial charge in [-0.25, -0.2) is 0 Å². The topological polar surface area (TPSA) is 72.5 Å². The molecule has 1 N–H and O–H groups in total. The van der Waals surface area contributed by atoms with Crippen molar-refractivity contribution in [3.8, 4) is 0 Å². The molecule has 1 amide bonds. The molecule has 0 radical (unpaired) electrons. The molecule has 1 aromatic carbocycles. The van der Waals surface area contributed by atoms with Gasteiger partial charge in [0.25, 0.3) is 10.1 Å². The van der Waals surface area contributed by atoms with Gasteiger partial charge in [0.2, 0.25) is 5.91 Å². The highest BCUT2D eigenvalue weighted by Gasteiger charge is 2.31. The molecule has 1 rings (SSSR count). The van der Waals surface area contributed by atoms with E-state index in [1.54, 1.807) is 6.92 Å². The number of carbonyl (C=O) groups excluding carboxylic acids is 1. The quantitative estimate of drug-likeness (QED) is 0.847. The molecule has 0 heterocycles. The molecule has 0 unspecified atom stereocenters. The highest BCUT2D eigenvalue weighted by Crippen LogP contribution is 2.20. The monoisotopic (exact) mass is 311 g/mol. The lowest BCUT2D eigenvalue weighted by molar-refractivity contribution is -0.152. The summed E-state index contributed by atoms with van der Waals surface area (Å²) in [4.78, 5) is 10.7. The minimum Gasteiger partial charge on any atom is -0.326 e. The molecule has 0 saturated carbocycles. The van der Waals surface area contributed by atoms with Gasteiger partial charge in [0.05, 0.1) is 4.90 Å². The van der Waals surface area contributed by atoms with Gasteiger partial charge in [-0.2, -0.15) is 21.6 Å². The smallest absolute Gasteiger partial charge is 0.326 e. The summed E-state index contributed by atoms with van der Waals surface area (Å²) in [5, 5.41) is 2.47. The van der Waals surface area contributed by atoms with Crippen LogP contribution >= 0.6 is 0 Å². The molecular formula is C11H12F3NO4S. The van der Waals surface area contributed by atoms with Crippen molar-refractivity contribution in [2.45, 2.75) is 24.4 Å². The van der Waals surface area contributed by atoms with Crippen molar-refractivity contribution in [2.75, 3.05) is 11.9 Å². The summed E-state index contributed by atoms with van der Waals surface area (Å²) in [5.74, 6) is -0.270. The van der Waals surface area contributed by atoms with Crippen LogP contribution in [0.4, 0.5) is 18.9 Å². The van der Waals surface area contributed by atoms with Gasteiger partial charge in [-0.15, -0.1) is 0 Å². The summed E-state index contributed by atoms with van der Waals surface area (Å²) in [6, 6.07) is 4.63. The van der Waals surface area contributed by atoms with E-state index in [1.165, 1.54) is 12.1 Å². The van der Waals surface area contributed by atoms with Crippen LogP contribution in [-0.4, -0.2) is 27.1 Å².